The molecule has 0 fully saturated rings. The molecular weight excluding hydrogens is 262 g/mol. The lowest BCUT2D eigenvalue weighted by atomic mass is 10.2. The number of nitro groups is 1. The van der Waals surface area contributed by atoms with Crippen LogP contribution in [0.2, 0.25) is 0 Å². The van der Waals surface area contributed by atoms with E-state index in [1.165, 1.54) is 19.2 Å². The minimum Gasteiger partial charge on any atom is -0.469 e. The van der Waals surface area contributed by atoms with E-state index < -0.39 is 4.92 Å². The molecule has 0 saturated heterocycles. The van der Waals surface area contributed by atoms with Gasteiger partial charge in [0, 0.05) is 24.8 Å². The van der Waals surface area contributed by atoms with Gasteiger partial charge in [-0.05, 0) is 31.4 Å². The predicted octanol–water partition coefficient (Wildman–Crippen LogP) is 2.73. The number of anilines is 1. The predicted molar refractivity (Wildman–Crippen MR) is 75.7 cm³/mol. The maximum atomic E-state index is 10.8. The molecule has 20 heavy (non-hydrogen) atoms. The van der Waals surface area contributed by atoms with Gasteiger partial charge in [0.25, 0.3) is 5.69 Å². The lowest BCUT2D eigenvalue weighted by molar-refractivity contribution is -0.384. The van der Waals surface area contributed by atoms with Crippen molar-refractivity contribution in [2.24, 2.45) is 5.10 Å². The molecule has 1 aromatic carbocycles. The van der Waals surface area contributed by atoms with Gasteiger partial charge in [-0.15, -0.1) is 0 Å². The minimum atomic E-state index is -0.450. The van der Waals surface area contributed by atoms with E-state index in [-0.39, 0.29) is 11.7 Å². The topological polar surface area (TPSA) is 93.8 Å². The van der Waals surface area contributed by atoms with Crippen LogP contribution in [0.15, 0.2) is 29.4 Å². The summed E-state index contributed by atoms with van der Waals surface area (Å²) in [5.41, 5.74) is 3.50. The summed E-state index contributed by atoms with van der Waals surface area (Å²) in [6.07, 6.45) is 4.48. The second-order valence-electron chi connectivity index (χ2n) is 4.05. The molecule has 0 aliphatic rings. The van der Waals surface area contributed by atoms with Crippen LogP contribution in [0.4, 0.5) is 11.4 Å². The standard InChI is InChI=1S/C13H17N3O4/c1-20-13(17)5-3-2-4-10-14-15-11-6-8-12(9-7-11)16(18)19/h6-10,15H,2-5H2,1H3/b14-10-. The summed E-state index contributed by atoms with van der Waals surface area (Å²) >= 11 is 0. The van der Waals surface area contributed by atoms with Crippen molar-refractivity contribution in [3.05, 3.63) is 34.4 Å². The molecule has 0 aromatic heterocycles. The fourth-order valence-corrected chi connectivity index (χ4v) is 1.45. The van der Waals surface area contributed by atoms with Crippen molar-refractivity contribution >= 4 is 23.6 Å². The van der Waals surface area contributed by atoms with E-state index in [4.69, 9.17) is 0 Å². The van der Waals surface area contributed by atoms with Gasteiger partial charge in [0.2, 0.25) is 0 Å². The molecule has 108 valence electrons. The van der Waals surface area contributed by atoms with Crippen LogP contribution < -0.4 is 5.43 Å². The second kappa shape index (κ2) is 8.63. The largest absolute Gasteiger partial charge is 0.469 e. The van der Waals surface area contributed by atoms with Gasteiger partial charge >= 0.3 is 5.97 Å². The molecule has 1 rings (SSSR count). The SMILES string of the molecule is COC(=O)CCCC/C=N\Nc1ccc([N+](=O)[O-])cc1. The number of hydrogen-bond acceptors (Lipinski definition) is 6. The summed E-state index contributed by atoms with van der Waals surface area (Å²) in [7, 11) is 1.37. The smallest absolute Gasteiger partial charge is 0.305 e. The van der Waals surface area contributed by atoms with Crippen molar-refractivity contribution in [2.75, 3.05) is 12.5 Å². The number of nitrogens with zero attached hydrogens (tertiary/aromatic N) is 2. The highest BCUT2D eigenvalue weighted by Crippen LogP contribution is 2.15. The average molecular weight is 279 g/mol. The summed E-state index contributed by atoms with van der Waals surface area (Å²) < 4.78 is 4.53. The maximum absolute atomic E-state index is 10.8. The van der Waals surface area contributed by atoms with E-state index in [1.807, 2.05) is 0 Å². The summed E-state index contributed by atoms with van der Waals surface area (Å²) in [6, 6.07) is 6.00. The van der Waals surface area contributed by atoms with Crippen molar-refractivity contribution < 1.29 is 14.5 Å². The van der Waals surface area contributed by atoms with E-state index in [9.17, 15) is 14.9 Å². The second-order valence-corrected chi connectivity index (χ2v) is 4.05. The third-order valence-electron chi connectivity index (χ3n) is 2.55. The molecule has 0 saturated carbocycles. The molecule has 1 aromatic rings. The van der Waals surface area contributed by atoms with Crippen molar-refractivity contribution in [3.63, 3.8) is 0 Å². The molecule has 0 amide bonds. The number of non-ortho nitro benzene ring substituents is 1. The van der Waals surface area contributed by atoms with E-state index in [0.717, 1.165) is 19.3 Å². The fourth-order valence-electron chi connectivity index (χ4n) is 1.45. The molecule has 1 N–H and O–H groups in total. The number of unbranched alkanes of at least 4 members (excludes halogenated alkanes) is 2. The summed E-state index contributed by atoms with van der Waals surface area (Å²) in [4.78, 5) is 20.9. The fraction of sp³-hybridized carbons (Fsp3) is 0.385. The summed E-state index contributed by atoms with van der Waals surface area (Å²) in [6.45, 7) is 0. The quantitative estimate of drug-likeness (QED) is 0.259. The van der Waals surface area contributed by atoms with Crippen molar-refractivity contribution in [1.29, 1.82) is 0 Å². The van der Waals surface area contributed by atoms with Crippen LogP contribution in [-0.2, 0) is 9.53 Å². The lowest BCUT2D eigenvalue weighted by Gasteiger charge is -1.99. The number of methoxy groups -OCH3 is 1. The summed E-state index contributed by atoms with van der Waals surface area (Å²) in [5.74, 6) is -0.203. The zero-order chi connectivity index (χ0) is 14.8. The van der Waals surface area contributed by atoms with Gasteiger partial charge in [0.1, 0.15) is 0 Å². The first kappa shape index (κ1) is 15.6. The number of carbonyl (C=O) groups is 1. The minimum absolute atomic E-state index is 0.0438. The molecule has 0 heterocycles. The monoisotopic (exact) mass is 279 g/mol. The highest BCUT2D eigenvalue weighted by atomic mass is 16.6. The van der Waals surface area contributed by atoms with E-state index in [1.54, 1.807) is 18.3 Å². The van der Waals surface area contributed by atoms with Crippen LogP contribution >= 0.6 is 0 Å². The first-order valence-corrected chi connectivity index (χ1v) is 6.22. The third kappa shape index (κ3) is 5.94. The van der Waals surface area contributed by atoms with Crippen LogP contribution in [0.1, 0.15) is 25.7 Å². The van der Waals surface area contributed by atoms with Crippen LogP contribution in [0.5, 0.6) is 0 Å². The number of carbonyl (C=O) groups excluding carboxylic acids is 1. The third-order valence-corrected chi connectivity index (χ3v) is 2.55. The number of hydrazone groups is 1. The van der Waals surface area contributed by atoms with E-state index in [2.05, 4.69) is 15.3 Å². The Balaban J connectivity index is 2.21. The molecule has 7 heteroatoms. The first-order chi connectivity index (χ1) is 9.63. The molecule has 0 spiro atoms. The van der Waals surface area contributed by atoms with Gasteiger partial charge in [-0.2, -0.15) is 5.10 Å². The zero-order valence-electron chi connectivity index (χ0n) is 11.2. The Morgan fingerprint density at radius 3 is 2.70 bits per heavy atom. The van der Waals surface area contributed by atoms with Crippen molar-refractivity contribution in [2.45, 2.75) is 25.7 Å². The molecule has 7 nitrogen and oxygen atoms in total. The Kier molecular flexibility index (Phi) is 6.74. The number of nitrogens with one attached hydrogen (secondary N) is 1. The summed E-state index contributed by atoms with van der Waals surface area (Å²) in [5, 5.41) is 14.5. The van der Waals surface area contributed by atoms with Crippen molar-refractivity contribution in [3.8, 4) is 0 Å². The Morgan fingerprint density at radius 1 is 1.40 bits per heavy atom. The molecule has 0 aliphatic heterocycles. The van der Waals surface area contributed by atoms with Gasteiger partial charge in [-0.3, -0.25) is 20.3 Å². The molecule has 0 aliphatic carbocycles. The molecule has 0 radical (unpaired) electrons. The van der Waals surface area contributed by atoms with E-state index >= 15 is 0 Å². The van der Waals surface area contributed by atoms with Gasteiger partial charge in [0.05, 0.1) is 17.7 Å². The van der Waals surface area contributed by atoms with Gasteiger partial charge < -0.3 is 4.74 Å². The molecule has 0 atom stereocenters. The molecular formula is C13H17N3O4. The first-order valence-electron chi connectivity index (χ1n) is 6.22. The van der Waals surface area contributed by atoms with Crippen LogP contribution in [0, 0.1) is 10.1 Å². The van der Waals surface area contributed by atoms with Crippen LogP contribution in [-0.4, -0.2) is 24.2 Å². The lowest BCUT2D eigenvalue weighted by Crippen LogP contribution is -1.99. The van der Waals surface area contributed by atoms with Gasteiger partial charge in [-0.1, -0.05) is 0 Å². The Labute approximate surface area is 116 Å². The Morgan fingerprint density at radius 2 is 2.10 bits per heavy atom. The highest BCUT2D eigenvalue weighted by Gasteiger charge is 2.02. The number of rotatable bonds is 8. The Bertz CT molecular complexity index is 471. The number of ether oxygens (including phenoxy) is 1. The number of hydrogen-bond donors (Lipinski definition) is 1. The average Bonchev–Trinajstić information content (AvgIpc) is 2.46. The van der Waals surface area contributed by atoms with Gasteiger partial charge in [0.15, 0.2) is 0 Å². The van der Waals surface area contributed by atoms with Crippen LogP contribution in [0.25, 0.3) is 0 Å². The number of benzene rings is 1. The maximum Gasteiger partial charge on any atom is 0.305 e. The number of nitro benzene ring substituents is 1. The number of esters is 1. The zero-order valence-corrected chi connectivity index (χ0v) is 11.2. The van der Waals surface area contributed by atoms with Gasteiger partial charge in [-0.25, -0.2) is 0 Å². The normalized spacial score (nSPS) is 10.4. The molecule has 0 unspecified atom stereocenters. The van der Waals surface area contributed by atoms with E-state index in [0.29, 0.717) is 12.1 Å². The molecule has 0 bridgehead atoms. The van der Waals surface area contributed by atoms with Crippen molar-refractivity contribution in [1.82, 2.24) is 0 Å². The highest BCUT2D eigenvalue weighted by molar-refractivity contribution is 5.69. The van der Waals surface area contributed by atoms with Crippen LogP contribution in [0.3, 0.4) is 0 Å². The Hall–Kier alpha value is -2.44.